The molecule has 0 spiro atoms. The van der Waals surface area contributed by atoms with Gasteiger partial charge in [0.25, 0.3) is 0 Å². The highest BCUT2D eigenvalue weighted by molar-refractivity contribution is 5.99. The van der Waals surface area contributed by atoms with Gasteiger partial charge in [0.1, 0.15) is 12.0 Å². The number of ether oxygens (including phenoxy) is 1. The zero-order valence-corrected chi connectivity index (χ0v) is 11.6. The van der Waals surface area contributed by atoms with Gasteiger partial charge in [0.15, 0.2) is 5.60 Å². The van der Waals surface area contributed by atoms with E-state index in [2.05, 4.69) is 6.92 Å². The van der Waals surface area contributed by atoms with Crippen molar-refractivity contribution in [1.29, 1.82) is 0 Å². The number of hydrogen-bond donors (Lipinski definition) is 0. The van der Waals surface area contributed by atoms with E-state index in [1.807, 2.05) is 20.8 Å². The van der Waals surface area contributed by atoms with Gasteiger partial charge in [0.05, 0.1) is 0 Å². The van der Waals surface area contributed by atoms with E-state index >= 15 is 0 Å². The third kappa shape index (κ3) is 1.90. The fraction of sp³-hybridized carbons (Fsp3) is 0.733. The van der Waals surface area contributed by atoms with E-state index in [9.17, 15) is 9.59 Å². The van der Waals surface area contributed by atoms with Crippen molar-refractivity contribution in [3.05, 3.63) is 11.8 Å². The zero-order valence-electron chi connectivity index (χ0n) is 11.6. The number of rotatable bonds is 3. The first kappa shape index (κ1) is 13.3. The van der Waals surface area contributed by atoms with Crippen molar-refractivity contribution in [2.75, 3.05) is 0 Å². The van der Waals surface area contributed by atoms with Gasteiger partial charge in [-0.3, -0.25) is 4.79 Å². The fourth-order valence-corrected chi connectivity index (χ4v) is 3.24. The monoisotopic (exact) mass is 250 g/mol. The van der Waals surface area contributed by atoms with E-state index in [0.717, 1.165) is 24.9 Å². The third-order valence-electron chi connectivity index (χ3n) is 4.58. The standard InChI is InChI=1S/C15H22O3/c1-9(2)13-7-14(17)15(4,18-13)12-6-5-10(3)11(12)8-16/h7-12H,5-6H2,1-4H3. The maximum absolute atomic E-state index is 12.2. The summed E-state index contributed by atoms with van der Waals surface area (Å²) in [4.78, 5) is 23.5. The van der Waals surface area contributed by atoms with E-state index in [4.69, 9.17) is 4.74 Å². The first-order valence-electron chi connectivity index (χ1n) is 6.80. The Kier molecular flexibility index (Phi) is 3.35. The molecule has 1 heterocycles. The predicted molar refractivity (Wildman–Crippen MR) is 68.9 cm³/mol. The molecule has 0 aromatic carbocycles. The Morgan fingerprint density at radius 1 is 1.44 bits per heavy atom. The van der Waals surface area contributed by atoms with E-state index in [1.165, 1.54) is 0 Å². The molecule has 3 nitrogen and oxygen atoms in total. The molecule has 0 N–H and O–H groups in total. The smallest absolute Gasteiger partial charge is 0.202 e. The second-order valence-corrected chi connectivity index (χ2v) is 6.15. The highest BCUT2D eigenvalue weighted by Gasteiger charge is 2.53. The minimum absolute atomic E-state index is 0.0185. The third-order valence-corrected chi connectivity index (χ3v) is 4.58. The van der Waals surface area contributed by atoms with Gasteiger partial charge >= 0.3 is 0 Å². The quantitative estimate of drug-likeness (QED) is 0.723. The normalized spacial score (nSPS) is 39.9. The first-order chi connectivity index (χ1) is 8.40. The molecule has 1 saturated carbocycles. The molecule has 100 valence electrons. The molecule has 1 aliphatic carbocycles. The topological polar surface area (TPSA) is 43.4 Å². The van der Waals surface area contributed by atoms with Crippen LogP contribution in [0, 0.1) is 23.7 Å². The van der Waals surface area contributed by atoms with Crippen LogP contribution in [0.5, 0.6) is 0 Å². The average Bonchev–Trinajstić information content (AvgIpc) is 2.82. The van der Waals surface area contributed by atoms with Crippen molar-refractivity contribution in [2.24, 2.45) is 23.7 Å². The molecular formula is C15H22O3. The van der Waals surface area contributed by atoms with Crippen LogP contribution < -0.4 is 0 Å². The Labute approximate surface area is 109 Å². The summed E-state index contributed by atoms with van der Waals surface area (Å²) in [5.41, 5.74) is -0.823. The van der Waals surface area contributed by atoms with Gasteiger partial charge in [-0.05, 0) is 25.7 Å². The van der Waals surface area contributed by atoms with Gasteiger partial charge in [-0.1, -0.05) is 20.8 Å². The fourth-order valence-electron chi connectivity index (χ4n) is 3.24. The largest absolute Gasteiger partial charge is 0.483 e. The summed E-state index contributed by atoms with van der Waals surface area (Å²) in [6.07, 6.45) is 4.52. The first-order valence-corrected chi connectivity index (χ1v) is 6.80. The molecule has 2 aliphatic rings. The van der Waals surface area contributed by atoms with Crippen LogP contribution in [-0.2, 0) is 14.3 Å². The minimum Gasteiger partial charge on any atom is -0.483 e. The highest BCUT2D eigenvalue weighted by atomic mass is 16.5. The number of carbonyl (C=O) groups excluding carboxylic acids is 2. The lowest BCUT2D eigenvalue weighted by Crippen LogP contribution is -2.44. The second kappa shape index (κ2) is 4.52. The van der Waals surface area contributed by atoms with Crippen molar-refractivity contribution < 1.29 is 14.3 Å². The van der Waals surface area contributed by atoms with Crippen molar-refractivity contribution in [2.45, 2.75) is 46.1 Å². The number of aldehydes is 1. The molecule has 1 fully saturated rings. The van der Waals surface area contributed by atoms with Crippen LogP contribution in [0.25, 0.3) is 0 Å². The summed E-state index contributed by atoms with van der Waals surface area (Å²) < 4.78 is 5.94. The van der Waals surface area contributed by atoms with Gasteiger partial charge in [-0.25, -0.2) is 0 Å². The van der Waals surface area contributed by atoms with Crippen molar-refractivity contribution in [3.8, 4) is 0 Å². The van der Waals surface area contributed by atoms with Crippen LogP contribution in [0.4, 0.5) is 0 Å². The van der Waals surface area contributed by atoms with Gasteiger partial charge < -0.3 is 9.53 Å². The number of ketones is 1. The highest BCUT2D eigenvalue weighted by Crippen LogP contribution is 2.47. The lowest BCUT2D eigenvalue weighted by Gasteiger charge is -2.33. The van der Waals surface area contributed by atoms with E-state index in [1.54, 1.807) is 6.08 Å². The van der Waals surface area contributed by atoms with Gasteiger partial charge in [-0.2, -0.15) is 0 Å². The van der Waals surface area contributed by atoms with Crippen LogP contribution in [0.3, 0.4) is 0 Å². The zero-order chi connectivity index (χ0) is 13.5. The molecule has 4 unspecified atom stereocenters. The Balaban J connectivity index is 2.24. The number of allylic oxidation sites excluding steroid dienone is 1. The van der Waals surface area contributed by atoms with Crippen LogP contribution in [0.2, 0.25) is 0 Å². The number of hydrogen-bond acceptors (Lipinski definition) is 3. The summed E-state index contributed by atoms with van der Waals surface area (Å²) in [6, 6.07) is 0. The molecule has 0 radical (unpaired) electrons. The molecule has 0 amide bonds. The van der Waals surface area contributed by atoms with Crippen LogP contribution in [-0.4, -0.2) is 17.7 Å². The predicted octanol–water partition coefficient (Wildman–Crippen LogP) is 2.75. The Morgan fingerprint density at radius 2 is 2.11 bits per heavy atom. The molecule has 0 aromatic rings. The summed E-state index contributed by atoms with van der Waals surface area (Å²) in [5, 5.41) is 0. The maximum atomic E-state index is 12.2. The maximum Gasteiger partial charge on any atom is 0.202 e. The lowest BCUT2D eigenvalue weighted by molar-refractivity contribution is -0.138. The molecule has 0 bridgehead atoms. The van der Waals surface area contributed by atoms with E-state index in [0.29, 0.717) is 5.92 Å². The van der Waals surface area contributed by atoms with Crippen LogP contribution >= 0.6 is 0 Å². The number of carbonyl (C=O) groups is 2. The van der Waals surface area contributed by atoms with Crippen molar-refractivity contribution >= 4 is 12.1 Å². The molecule has 18 heavy (non-hydrogen) atoms. The van der Waals surface area contributed by atoms with Crippen LogP contribution in [0.15, 0.2) is 11.8 Å². The van der Waals surface area contributed by atoms with Gasteiger partial charge in [0.2, 0.25) is 5.78 Å². The van der Waals surface area contributed by atoms with Crippen molar-refractivity contribution in [3.63, 3.8) is 0 Å². The van der Waals surface area contributed by atoms with Crippen molar-refractivity contribution in [1.82, 2.24) is 0 Å². The van der Waals surface area contributed by atoms with Crippen LogP contribution in [0.1, 0.15) is 40.5 Å². The molecule has 0 saturated heterocycles. The van der Waals surface area contributed by atoms with Gasteiger partial charge in [0, 0.05) is 23.8 Å². The lowest BCUT2D eigenvalue weighted by atomic mass is 9.78. The summed E-state index contributed by atoms with van der Waals surface area (Å²) in [7, 11) is 0. The second-order valence-electron chi connectivity index (χ2n) is 6.15. The summed E-state index contributed by atoms with van der Waals surface area (Å²) >= 11 is 0. The van der Waals surface area contributed by atoms with E-state index < -0.39 is 5.60 Å². The molecular weight excluding hydrogens is 228 g/mol. The Hall–Kier alpha value is -1.12. The van der Waals surface area contributed by atoms with E-state index in [-0.39, 0.29) is 23.5 Å². The summed E-state index contributed by atoms with van der Waals surface area (Å²) in [6.45, 7) is 7.96. The molecule has 0 aromatic heterocycles. The molecule has 1 aliphatic heterocycles. The molecule has 3 heteroatoms. The summed E-state index contributed by atoms with van der Waals surface area (Å²) in [5.74, 6) is 1.31. The Bertz CT molecular complexity index is 397. The van der Waals surface area contributed by atoms with Gasteiger partial charge in [-0.15, -0.1) is 0 Å². The average molecular weight is 250 g/mol. The minimum atomic E-state index is -0.823. The SMILES string of the molecule is CC(C)C1=CC(=O)C(C)(C2CCC(C)C2C=O)O1. The Morgan fingerprint density at radius 3 is 2.61 bits per heavy atom. The molecule has 4 atom stereocenters. The molecule has 2 rings (SSSR count).